The maximum Gasteiger partial charge on any atom is 0.295 e. The molecule has 0 saturated carbocycles. The van der Waals surface area contributed by atoms with Crippen molar-refractivity contribution >= 4 is 17.4 Å². The van der Waals surface area contributed by atoms with Gasteiger partial charge < -0.3 is 14.9 Å². The van der Waals surface area contributed by atoms with Crippen molar-refractivity contribution in [2.45, 2.75) is 33.7 Å². The van der Waals surface area contributed by atoms with Crippen molar-refractivity contribution in [3.8, 4) is 0 Å². The zero-order valence-electron chi connectivity index (χ0n) is 18.1. The van der Waals surface area contributed by atoms with Crippen LogP contribution in [0.2, 0.25) is 0 Å². The first-order valence-electron chi connectivity index (χ1n) is 10.4. The zero-order chi connectivity index (χ0) is 21.8. The molecule has 0 unspecified atom stereocenters. The lowest BCUT2D eigenvalue weighted by Gasteiger charge is -2.28. The van der Waals surface area contributed by atoms with Crippen LogP contribution >= 0.6 is 0 Å². The standard InChI is InChI=1S/C24H29N3O3/c1-5-26(6-2)12-13-27-21(18-8-7-11-25-15-18)20(23(29)24(27)30)22(28)19-14-16(3)9-10-17(19)4/h7-11,14-15,21,28H,5-6,12-13H2,1-4H3/t21-/m1/s1. The van der Waals surface area contributed by atoms with Gasteiger partial charge in [-0.05, 0) is 50.2 Å². The molecule has 6 heteroatoms. The van der Waals surface area contributed by atoms with Gasteiger partial charge >= 0.3 is 0 Å². The Kier molecular flexibility index (Phi) is 6.67. The molecule has 0 bridgehead atoms. The molecule has 1 aliphatic heterocycles. The highest BCUT2D eigenvalue weighted by molar-refractivity contribution is 6.46. The van der Waals surface area contributed by atoms with Crippen LogP contribution in [-0.4, -0.2) is 57.8 Å². The number of aliphatic hydroxyl groups excluding tert-OH is 1. The van der Waals surface area contributed by atoms with Crippen molar-refractivity contribution in [3.63, 3.8) is 0 Å². The number of pyridine rings is 1. The van der Waals surface area contributed by atoms with E-state index in [1.54, 1.807) is 23.4 Å². The summed E-state index contributed by atoms with van der Waals surface area (Å²) in [5, 5.41) is 11.2. The predicted octanol–water partition coefficient (Wildman–Crippen LogP) is 3.46. The number of carbonyl (C=O) groups is 2. The molecule has 0 radical (unpaired) electrons. The van der Waals surface area contributed by atoms with Gasteiger partial charge in [-0.1, -0.05) is 37.6 Å². The molecule has 1 atom stereocenters. The van der Waals surface area contributed by atoms with Crippen LogP contribution < -0.4 is 0 Å². The van der Waals surface area contributed by atoms with Crippen LogP contribution in [0.15, 0.2) is 48.3 Å². The number of aryl methyl sites for hydroxylation is 2. The second-order valence-electron chi connectivity index (χ2n) is 7.62. The molecule has 0 spiro atoms. The maximum absolute atomic E-state index is 13.1. The summed E-state index contributed by atoms with van der Waals surface area (Å²) in [5.41, 5.74) is 3.23. The molecule has 3 rings (SSSR count). The Morgan fingerprint density at radius 2 is 1.90 bits per heavy atom. The van der Waals surface area contributed by atoms with Gasteiger partial charge in [0, 0.05) is 31.0 Å². The highest BCUT2D eigenvalue weighted by Gasteiger charge is 2.46. The molecule has 1 aromatic carbocycles. The second-order valence-corrected chi connectivity index (χ2v) is 7.62. The minimum Gasteiger partial charge on any atom is -0.507 e. The highest BCUT2D eigenvalue weighted by Crippen LogP contribution is 2.39. The summed E-state index contributed by atoms with van der Waals surface area (Å²) in [6.45, 7) is 10.7. The lowest BCUT2D eigenvalue weighted by Crippen LogP contribution is -2.38. The Balaban J connectivity index is 2.12. The van der Waals surface area contributed by atoms with E-state index in [0.29, 0.717) is 24.2 Å². The van der Waals surface area contributed by atoms with Gasteiger partial charge in [-0.3, -0.25) is 14.6 Å². The van der Waals surface area contributed by atoms with Crippen LogP contribution in [0.3, 0.4) is 0 Å². The Bertz CT molecular complexity index is 965. The summed E-state index contributed by atoms with van der Waals surface area (Å²) in [7, 11) is 0. The number of carbonyl (C=O) groups excluding carboxylic acids is 2. The average molecular weight is 408 g/mol. The SMILES string of the molecule is CCN(CC)CCN1C(=O)C(=O)C(=C(O)c2cc(C)ccc2C)[C@H]1c1cccnc1. The monoisotopic (exact) mass is 407 g/mol. The molecule has 30 heavy (non-hydrogen) atoms. The number of likely N-dealkylation sites (tertiary alicyclic amines) is 1. The zero-order valence-corrected chi connectivity index (χ0v) is 18.1. The van der Waals surface area contributed by atoms with E-state index in [-0.39, 0.29) is 11.3 Å². The minimum absolute atomic E-state index is 0.126. The third-order valence-electron chi connectivity index (χ3n) is 5.74. The van der Waals surface area contributed by atoms with Crippen molar-refractivity contribution in [2.24, 2.45) is 0 Å². The van der Waals surface area contributed by atoms with E-state index < -0.39 is 17.7 Å². The van der Waals surface area contributed by atoms with E-state index in [9.17, 15) is 14.7 Å². The van der Waals surface area contributed by atoms with Crippen LogP contribution in [0.5, 0.6) is 0 Å². The number of ketones is 1. The predicted molar refractivity (Wildman–Crippen MR) is 117 cm³/mol. The molecule has 1 aliphatic rings. The van der Waals surface area contributed by atoms with Gasteiger partial charge in [0.25, 0.3) is 11.7 Å². The normalized spacial score (nSPS) is 18.4. The number of hydrogen-bond donors (Lipinski definition) is 1. The molecule has 1 saturated heterocycles. The Labute approximate surface area is 177 Å². The van der Waals surface area contributed by atoms with Crippen LogP contribution in [-0.2, 0) is 9.59 Å². The molecule has 1 amide bonds. The molecular weight excluding hydrogens is 378 g/mol. The van der Waals surface area contributed by atoms with Gasteiger partial charge in [-0.2, -0.15) is 0 Å². The van der Waals surface area contributed by atoms with Crippen LogP contribution in [0.4, 0.5) is 0 Å². The van der Waals surface area contributed by atoms with Gasteiger partial charge in [-0.25, -0.2) is 0 Å². The lowest BCUT2D eigenvalue weighted by atomic mass is 9.94. The van der Waals surface area contributed by atoms with Crippen molar-refractivity contribution in [1.82, 2.24) is 14.8 Å². The van der Waals surface area contributed by atoms with Gasteiger partial charge in [0.05, 0.1) is 11.6 Å². The third kappa shape index (κ3) is 4.14. The number of amides is 1. The smallest absolute Gasteiger partial charge is 0.295 e. The molecule has 2 aromatic rings. The molecular formula is C24H29N3O3. The van der Waals surface area contributed by atoms with Gasteiger partial charge in [0.1, 0.15) is 5.76 Å². The topological polar surface area (TPSA) is 73.7 Å². The number of aromatic nitrogens is 1. The summed E-state index contributed by atoms with van der Waals surface area (Å²) in [4.78, 5) is 34.0. The quantitative estimate of drug-likeness (QED) is 0.432. The van der Waals surface area contributed by atoms with E-state index in [1.807, 2.05) is 38.1 Å². The summed E-state index contributed by atoms with van der Waals surface area (Å²) >= 11 is 0. The first kappa shape index (κ1) is 21.7. The number of likely N-dealkylation sites (N-methyl/N-ethyl adjacent to an activating group) is 1. The molecule has 158 valence electrons. The minimum atomic E-state index is -0.658. The summed E-state index contributed by atoms with van der Waals surface area (Å²) < 4.78 is 0. The van der Waals surface area contributed by atoms with Crippen LogP contribution in [0, 0.1) is 13.8 Å². The fourth-order valence-electron chi connectivity index (χ4n) is 3.92. The van der Waals surface area contributed by atoms with Crippen molar-refractivity contribution in [3.05, 3.63) is 70.6 Å². The van der Waals surface area contributed by atoms with E-state index in [1.165, 1.54) is 0 Å². The Hall–Kier alpha value is -2.99. The first-order chi connectivity index (χ1) is 14.4. The Morgan fingerprint density at radius 3 is 2.53 bits per heavy atom. The number of aliphatic hydroxyl groups is 1. The van der Waals surface area contributed by atoms with E-state index in [0.717, 1.165) is 24.2 Å². The fraction of sp³-hybridized carbons (Fsp3) is 0.375. The number of rotatable bonds is 7. The summed E-state index contributed by atoms with van der Waals surface area (Å²) in [6, 6.07) is 8.65. The summed E-state index contributed by atoms with van der Waals surface area (Å²) in [6.07, 6.45) is 3.30. The van der Waals surface area contributed by atoms with E-state index in [4.69, 9.17) is 0 Å². The van der Waals surface area contributed by atoms with Crippen LogP contribution in [0.25, 0.3) is 5.76 Å². The molecule has 2 heterocycles. The number of hydrogen-bond acceptors (Lipinski definition) is 5. The third-order valence-corrected chi connectivity index (χ3v) is 5.74. The first-order valence-corrected chi connectivity index (χ1v) is 10.4. The average Bonchev–Trinajstić information content (AvgIpc) is 3.01. The van der Waals surface area contributed by atoms with Gasteiger partial charge in [-0.15, -0.1) is 0 Å². The molecule has 1 aromatic heterocycles. The van der Waals surface area contributed by atoms with Crippen molar-refractivity contribution in [1.29, 1.82) is 0 Å². The lowest BCUT2D eigenvalue weighted by molar-refractivity contribution is -0.140. The Morgan fingerprint density at radius 1 is 1.17 bits per heavy atom. The van der Waals surface area contributed by atoms with E-state index >= 15 is 0 Å². The number of Topliss-reactive ketones (excluding diaryl/α,β-unsaturated/α-hetero) is 1. The van der Waals surface area contributed by atoms with Crippen molar-refractivity contribution < 1.29 is 14.7 Å². The van der Waals surface area contributed by atoms with Crippen LogP contribution in [0.1, 0.15) is 42.1 Å². The molecule has 1 fully saturated rings. The van der Waals surface area contributed by atoms with Gasteiger partial charge in [0.2, 0.25) is 0 Å². The van der Waals surface area contributed by atoms with E-state index in [2.05, 4.69) is 23.7 Å². The maximum atomic E-state index is 13.1. The molecule has 6 nitrogen and oxygen atoms in total. The molecule has 0 aliphatic carbocycles. The van der Waals surface area contributed by atoms with Gasteiger partial charge in [0.15, 0.2) is 0 Å². The van der Waals surface area contributed by atoms with Crippen molar-refractivity contribution in [2.75, 3.05) is 26.2 Å². The second kappa shape index (κ2) is 9.22. The molecule has 1 N–H and O–H groups in total. The summed E-state index contributed by atoms with van der Waals surface area (Å²) in [5.74, 6) is -1.36. The number of nitrogens with zero attached hydrogens (tertiary/aromatic N) is 3. The largest absolute Gasteiger partial charge is 0.507 e. The number of benzene rings is 1. The highest BCUT2D eigenvalue weighted by atomic mass is 16.3. The fourth-order valence-corrected chi connectivity index (χ4v) is 3.92.